The van der Waals surface area contributed by atoms with Gasteiger partial charge < -0.3 is 4.74 Å². The Balaban J connectivity index is 2.88. The molecule has 1 aromatic heterocycles. The zero-order chi connectivity index (χ0) is 6.69. The summed E-state index contributed by atoms with van der Waals surface area (Å²) in [6.45, 7) is 0. The molecule has 1 rings (SSSR count). The van der Waals surface area contributed by atoms with Crippen LogP contribution in [-0.4, -0.2) is 17.1 Å². The van der Waals surface area contributed by atoms with Crippen LogP contribution in [0.15, 0.2) is 12.4 Å². The summed E-state index contributed by atoms with van der Waals surface area (Å²) in [5, 5.41) is 0. The lowest BCUT2D eigenvalue weighted by Gasteiger charge is -1.92. The molecule has 0 unspecified atom stereocenters. The zero-order valence-corrected chi connectivity index (χ0v) is 4.84. The van der Waals surface area contributed by atoms with Crippen LogP contribution in [0, 0.1) is 5.82 Å². The molecule has 1 aromatic rings. The van der Waals surface area contributed by atoms with E-state index in [4.69, 9.17) is 0 Å². The molecule has 0 saturated heterocycles. The summed E-state index contributed by atoms with van der Waals surface area (Å²) in [5.41, 5.74) is 0. The van der Waals surface area contributed by atoms with Gasteiger partial charge in [-0.3, -0.25) is 0 Å². The molecule has 0 spiro atoms. The van der Waals surface area contributed by atoms with E-state index in [2.05, 4.69) is 14.7 Å². The Bertz CT molecular complexity index is 187. The average Bonchev–Trinajstić information content (AvgIpc) is 1.90. The second-order valence-electron chi connectivity index (χ2n) is 1.39. The highest BCUT2D eigenvalue weighted by Crippen LogP contribution is 1.98. The number of aromatic nitrogens is 2. The lowest BCUT2D eigenvalue weighted by Crippen LogP contribution is -1.90. The van der Waals surface area contributed by atoms with Crippen LogP contribution in [0.2, 0.25) is 0 Å². The van der Waals surface area contributed by atoms with Crippen LogP contribution in [0.4, 0.5) is 4.39 Å². The van der Waals surface area contributed by atoms with E-state index in [9.17, 15) is 4.39 Å². The van der Waals surface area contributed by atoms with Crippen LogP contribution in [-0.2, 0) is 0 Å². The molecule has 3 nitrogen and oxygen atoms in total. The first-order valence-electron chi connectivity index (χ1n) is 2.34. The van der Waals surface area contributed by atoms with E-state index in [-0.39, 0.29) is 6.01 Å². The molecule has 0 bridgehead atoms. The van der Waals surface area contributed by atoms with Gasteiger partial charge in [0.15, 0.2) is 5.82 Å². The van der Waals surface area contributed by atoms with Crippen LogP contribution in [0.5, 0.6) is 6.01 Å². The Hall–Kier alpha value is -1.19. The molecule has 0 aliphatic carbocycles. The molecule has 1 heterocycles. The second-order valence-corrected chi connectivity index (χ2v) is 1.39. The Kier molecular flexibility index (Phi) is 1.58. The molecule has 0 aliphatic rings. The van der Waals surface area contributed by atoms with Crippen LogP contribution >= 0.6 is 0 Å². The summed E-state index contributed by atoms with van der Waals surface area (Å²) >= 11 is 0. The first kappa shape index (κ1) is 5.94. The number of rotatable bonds is 1. The molecule has 0 radical (unpaired) electrons. The Morgan fingerprint density at radius 1 is 1.44 bits per heavy atom. The van der Waals surface area contributed by atoms with Crippen molar-refractivity contribution in [3.05, 3.63) is 18.2 Å². The zero-order valence-electron chi connectivity index (χ0n) is 4.84. The molecule has 48 valence electrons. The minimum Gasteiger partial charge on any atom is -0.467 e. The van der Waals surface area contributed by atoms with E-state index < -0.39 is 5.82 Å². The smallest absolute Gasteiger partial charge is 0.316 e. The maximum Gasteiger partial charge on any atom is 0.316 e. The highest BCUT2D eigenvalue weighted by atomic mass is 19.1. The van der Waals surface area contributed by atoms with Crippen molar-refractivity contribution in [3.63, 3.8) is 0 Å². The van der Waals surface area contributed by atoms with Gasteiger partial charge in [0.1, 0.15) is 0 Å². The van der Waals surface area contributed by atoms with Crippen molar-refractivity contribution in [2.45, 2.75) is 0 Å². The lowest BCUT2D eigenvalue weighted by atomic mass is 10.6. The van der Waals surface area contributed by atoms with Crippen molar-refractivity contribution in [1.29, 1.82) is 0 Å². The first-order chi connectivity index (χ1) is 4.33. The Labute approximate surface area is 51.5 Å². The van der Waals surface area contributed by atoms with Gasteiger partial charge in [0.05, 0.1) is 19.5 Å². The van der Waals surface area contributed by atoms with Crippen LogP contribution in [0.3, 0.4) is 0 Å². The van der Waals surface area contributed by atoms with Crippen molar-refractivity contribution in [1.82, 2.24) is 9.97 Å². The van der Waals surface area contributed by atoms with E-state index in [0.717, 1.165) is 12.4 Å². The predicted molar refractivity (Wildman–Crippen MR) is 28.5 cm³/mol. The SMILES string of the molecule is COc1ncc(F)cn1. The third-order valence-corrected chi connectivity index (χ3v) is 0.779. The third kappa shape index (κ3) is 1.35. The van der Waals surface area contributed by atoms with Gasteiger partial charge in [-0.2, -0.15) is 0 Å². The van der Waals surface area contributed by atoms with Gasteiger partial charge >= 0.3 is 6.01 Å². The molecule has 0 aromatic carbocycles. The standard InChI is InChI=1S/C5H5FN2O/c1-9-5-7-2-4(6)3-8-5/h2-3H,1H3. The summed E-state index contributed by atoms with van der Waals surface area (Å²) in [7, 11) is 1.42. The van der Waals surface area contributed by atoms with Gasteiger partial charge in [-0.25, -0.2) is 14.4 Å². The van der Waals surface area contributed by atoms with E-state index in [1.807, 2.05) is 0 Å². The largest absolute Gasteiger partial charge is 0.467 e. The van der Waals surface area contributed by atoms with Crippen molar-refractivity contribution >= 4 is 0 Å². The average molecular weight is 128 g/mol. The summed E-state index contributed by atoms with van der Waals surface area (Å²) in [6.07, 6.45) is 2.09. The number of ether oxygens (including phenoxy) is 1. The van der Waals surface area contributed by atoms with Crippen LogP contribution < -0.4 is 4.74 Å². The van der Waals surface area contributed by atoms with Crippen molar-refractivity contribution in [2.75, 3.05) is 7.11 Å². The first-order valence-corrected chi connectivity index (χ1v) is 2.34. The fourth-order valence-electron chi connectivity index (χ4n) is 0.406. The predicted octanol–water partition coefficient (Wildman–Crippen LogP) is 0.624. The van der Waals surface area contributed by atoms with Crippen LogP contribution in [0.1, 0.15) is 0 Å². The minimum absolute atomic E-state index is 0.177. The van der Waals surface area contributed by atoms with E-state index in [0.29, 0.717) is 0 Å². The van der Waals surface area contributed by atoms with Crippen molar-refractivity contribution in [2.24, 2.45) is 0 Å². The number of halogens is 1. The van der Waals surface area contributed by atoms with Gasteiger partial charge in [-0.1, -0.05) is 0 Å². The van der Waals surface area contributed by atoms with Gasteiger partial charge in [-0.05, 0) is 0 Å². The van der Waals surface area contributed by atoms with Crippen molar-refractivity contribution < 1.29 is 9.13 Å². The van der Waals surface area contributed by atoms with Gasteiger partial charge in [0, 0.05) is 0 Å². The Morgan fingerprint density at radius 3 is 2.44 bits per heavy atom. The maximum absolute atomic E-state index is 12.0. The van der Waals surface area contributed by atoms with E-state index in [1.54, 1.807) is 0 Å². The molecule has 0 atom stereocenters. The van der Waals surface area contributed by atoms with Gasteiger partial charge in [0.2, 0.25) is 0 Å². The molecule has 0 saturated carbocycles. The highest BCUT2D eigenvalue weighted by Gasteiger charge is 1.91. The lowest BCUT2D eigenvalue weighted by molar-refractivity contribution is 0.376. The van der Waals surface area contributed by atoms with E-state index >= 15 is 0 Å². The molecule has 0 amide bonds. The fourth-order valence-corrected chi connectivity index (χ4v) is 0.406. The van der Waals surface area contributed by atoms with Gasteiger partial charge in [-0.15, -0.1) is 0 Å². The normalized spacial score (nSPS) is 9.11. The van der Waals surface area contributed by atoms with Gasteiger partial charge in [0.25, 0.3) is 0 Å². The second kappa shape index (κ2) is 2.39. The Morgan fingerprint density at radius 2 is 2.00 bits per heavy atom. The molecule has 0 N–H and O–H groups in total. The third-order valence-electron chi connectivity index (χ3n) is 0.779. The fraction of sp³-hybridized carbons (Fsp3) is 0.200. The summed E-state index contributed by atoms with van der Waals surface area (Å²) < 4.78 is 16.6. The molecular weight excluding hydrogens is 123 g/mol. The molecular formula is C5H5FN2O. The maximum atomic E-state index is 12.0. The monoisotopic (exact) mass is 128 g/mol. The summed E-state index contributed by atoms with van der Waals surface area (Å²) in [4.78, 5) is 6.98. The quantitative estimate of drug-likeness (QED) is 0.556. The minimum atomic E-state index is -0.462. The van der Waals surface area contributed by atoms with E-state index in [1.165, 1.54) is 7.11 Å². The molecule has 0 fully saturated rings. The molecule has 9 heavy (non-hydrogen) atoms. The summed E-state index contributed by atoms with van der Waals surface area (Å²) in [5.74, 6) is -0.462. The topological polar surface area (TPSA) is 35.0 Å². The number of hydrogen-bond acceptors (Lipinski definition) is 3. The highest BCUT2D eigenvalue weighted by molar-refractivity contribution is 4.94. The van der Waals surface area contributed by atoms with Crippen molar-refractivity contribution in [3.8, 4) is 6.01 Å². The van der Waals surface area contributed by atoms with Crippen LogP contribution in [0.25, 0.3) is 0 Å². The number of methoxy groups -OCH3 is 1. The number of nitrogens with zero attached hydrogens (tertiary/aromatic N) is 2. The summed E-state index contributed by atoms with van der Waals surface area (Å²) in [6, 6.07) is 0.177. The molecule has 0 aliphatic heterocycles. The molecule has 4 heteroatoms. The number of hydrogen-bond donors (Lipinski definition) is 0.